The Morgan fingerprint density at radius 2 is 1.50 bits per heavy atom. The van der Waals surface area contributed by atoms with Gasteiger partial charge in [0.25, 0.3) is 0 Å². The van der Waals surface area contributed by atoms with E-state index in [9.17, 15) is 0 Å². The van der Waals surface area contributed by atoms with Gasteiger partial charge in [0.15, 0.2) is 0 Å². The summed E-state index contributed by atoms with van der Waals surface area (Å²) in [5.74, 6) is 3.81. The van der Waals surface area contributed by atoms with Crippen LogP contribution in [-0.4, -0.2) is 6.54 Å². The Balaban J connectivity index is 1.69. The molecule has 4 fully saturated rings. The lowest BCUT2D eigenvalue weighted by molar-refractivity contribution is -0.0697. The predicted molar refractivity (Wildman–Crippen MR) is 83.5 cm³/mol. The van der Waals surface area contributed by atoms with Crippen molar-refractivity contribution >= 4 is 0 Å². The van der Waals surface area contributed by atoms with E-state index in [1.807, 2.05) is 0 Å². The van der Waals surface area contributed by atoms with Gasteiger partial charge in [-0.1, -0.05) is 30.3 Å². The van der Waals surface area contributed by atoms with Gasteiger partial charge in [0, 0.05) is 0 Å². The van der Waals surface area contributed by atoms with Crippen LogP contribution in [0.4, 0.5) is 0 Å². The monoisotopic (exact) mass is 269 g/mol. The van der Waals surface area contributed by atoms with E-state index >= 15 is 0 Å². The van der Waals surface area contributed by atoms with Gasteiger partial charge in [0.2, 0.25) is 0 Å². The summed E-state index contributed by atoms with van der Waals surface area (Å²) in [6.45, 7) is 0.835. The van der Waals surface area contributed by atoms with Crippen LogP contribution in [0, 0.1) is 23.2 Å². The minimum absolute atomic E-state index is 0.593. The number of hydrogen-bond donors (Lipinski definition) is 1. The van der Waals surface area contributed by atoms with Crippen LogP contribution in [0.3, 0.4) is 0 Å². The van der Waals surface area contributed by atoms with Crippen molar-refractivity contribution in [2.24, 2.45) is 28.9 Å². The van der Waals surface area contributed by atoms with Gasteiger partial charge in [-0.15, -0.1) is 0 Å². The maximum atomic E-state index is 5.99. The maximum absolute atomic E-state index is 5.99. The lowest BCUT2D eigenvalue weighted by Crippen LogP contribution is -2.49. The van der Waals surface area contributed by atoms with Gasteiger partial charge in [-0.3, -0.25) is 0 Å². The van der Waals surface area contributed by atoms with Crippen molar-refractivity contribution < 1.29 is 0 Å². The second-order valence-electron chi connectivity index (χ2n) is 7.82. The van der Waals surface area contributed by atoms with Crippen molar-refractivity contribution in [2.45, 2.75) is 50.9 Å². The second kappa shape index (κ2) is 4.87. The van der Waals surface area contributed by atoms with Gasteiger partial charge in [-0.05, 0) is 86.1 Å². The highest BCUT2D eigenvalue weighted by Gasteiger charge is 2.53. The van der Waals surface area contributed by atoms with Crippen LogP contribution >= 0.6 is 0 Å². The quantitative estimate of drug-likeness (QED) is 0.864. The maximum Gasteiger partial charge on any atom is -0.00712 e. The van der Waals surface area contributed by atoms with Crippen molar-refractivity contribution in [3.8, 4) is 0 Å². The number of rotatable bonds is 4. The number of hydrogen-bond acceptors (Lipinski definition) is 1. The third-order valence-electron chi connectivity index (χ3n) is 6.48. The average Bonchev–Trinajstić information content (AvgIpc) is 2.44. The third-order valence-corrected chi connectivity index (χ3v) is 6.48. The van der Waals surface area contributed by atoms with Crippen molar-refractivity contribution in [1.29, 1.82) is 0 Å². The molecule has 0 heterocycles. The molecule has 1 heteroatoms. The van der Waals surface area contributed by atoms with E-state index in [1.165, 1.54) is 44.9 Å². The highest BCUT2D eigenvalue weighted by atomic mass is 14.6. The molecule has 1 aromatic carbocycles. The molecule has 0 aromatic heterocycles. The zero-order valence-corrected chi connectivity index (χ0v) is 12.4. The molecule has 0 saturated heterocycles. The van der Waals surface area contributed by atoms with E-state index in [-0.39, 0.29) is 0 Å². The van der Waals surface area contributed by atoms with E-state index in [0.29, 0.717) is 11.3 Å². The van der Waals surface area contributed by atoms with Crippen LogP contribution in [-0.2, 0) is 0 Å². The molecule has 20 heavy (non-hydrogen) atoms. The zero-order valence-electron chi connectivity index (χ0n) is 12.4. The molecule has 2 N–H and O–H groups in total. The van der Waals surface area contributed by atoms with Gasteiger partial charge >= 0.3 is 0 Å². The molecule has 1 atom stereocenters. The smallest absolute Gasteiger partial charge is 0.00712 e. The van der Waals surface area contributed by atoms with E-state index in [1.54, 1.807) is 5.56 Å². The minimum atomic E-state index is 0.593. The van der Waals surface area contributed by atoms with Gasteiger partial charge < -0.3 is 5.73 Å². The molecule has 1 aromatic rings. The topological polar surface area (TPSA) is 26.0 Å². The first-order valence-corrected chi connectivity index (χ1v) is 8.54. The minimum Gasteiger partial charge on any atom is -0.330 e. The van der Waals surface area contributed by atoms with Crippen molar-refractivity contribution in [3.05, 3.63) is 35.9 Å². The lowest BCUT2D eigenvalue weighted by Gasteiger charge is -2.59. The van der Waals surface area contributed by atoms with Crippen LogP contribution in [0.2, 0.25) is 0 Å². The Hall–Kier alpha value is -0.820. The molecule has 4 saturated carbocycles. The van der Waals surface area contributed by atoms with Gasteiger partial charge in [0.05, 0.1) is 0 Å². The Kier molecular flexibility index (Phi) is 3.14. The van der Waals surface area contributed by atoms with E-state index in [0.717, 1.165) is 24.3 Å². The predicted octanol–water partition coefficient (Wildman–Crippen LogP) is 4.34. The SMILES string of the molecule is NCCC(c1ccccc1)C12CC3CC(CC(C3)C1)C2. The fourth-order valence-electron chi connectivity index (χ4n) is 6.28. The molecule has 5 rings (SSSR count). The number of benzene rings is 1. The lowest BCUT2D eigenvalue weighted by atomic mass is 9.45. The third kappa shape index (κ3) is 2.02. The molecular weight excluding hydrogens is 242 g/mol. The summed E-state index contributed by atoms with van der Waals surface area (Å²) in [6.07, 6.45) is 10.2. The largest absolute Gasteiger partial charge is 0.330 e. The standard InChI is InChI=1S/C19H27N/c20-7-6-18(17-4-2-1-3-5-17)19-11-14-8-15(12-19)10-16(9-14)13-19/h1-5,14-16,18H,6-13,20H2. The zero-order chi connectivity index (χ0) is 13.6. The molecule has 1 unspecified atom stereocenters. The average molecular weight is 269 g/mol. The normalized spacial score (nSPS) is 40.0. The first kappa shape index (κ1) is 12.9. The molecule has 0 aliphatic heterocycles. The molecular formula is C19H27N. The molecule has 4 aliphatic carbocycles. The summed E-state index contributed by atoms with van der Waals surface area (Å²) >= 11 is 0. The van der Waals surface area contributed by atoms with Crippen molar-refractivity contribution in [3.63, 3.8) is 0 Å². The van der Waals surface area contributed by atoms with Crippen LogP contribution in [0.25, 0.3) is 0 Å². The molecule has 0 spiro atoms. The fourth-order valence-corrected chi connectivity index (χ4v) is 6.28. The molecule has 4 aliphatic rings. The Morgan fingerprint density at radius 3 is 2.00 bits per heavy atom. The summed E-state index contributed by atoms with van der Waals surface area (Å²) in [7, 11) is 0. The Labute approximate surface area is 122 Å². The highest BCUT2D eigenvalue weighted by molar-refractivity contribution is 5.24. The fraction of sp³-hybridized carbons (Fsp3) is 0.684. The highest BCUT2D eigenvalue weighted by Crippen LogP contribution is 2.65. The van der Waals surface area contributed by atoms with E-state index in [4.69, 9.17) is 5.73 Å². The second-order valence-corrected chi connectivity index (χ2v) is 7.82. The van der Waals surface area contributed by atoms with Crippen LogP contribution in [0.15, 0.2) is 30.3 Å². The van der Waals surface area contributed by atoms with E-state index < -0.39 is 0 Å². The van der Waals surface area contributed by atoms with Crippen molar-refractivity contribution in [1.82, 2.24) is 0 Å². The first-order chi connectivity index (χ1) is 9.79. The van der Waals surface area contributed by atoms with Gasteiger partial charge in [-0.25, -0.2) is 0 Å². The summed E-state index contributed by atoms with van der Waals surface area (Å²) in [5.41, 5.74) is 8.13. The summed E-state index contributed by atoms with van der Waals surface area (Å²) in [6, 6.07) is 11.2. The van der Waals surface area contributed by atoms with Gasteiger partial charge in [0.1, 0.15) is 0 Å². The molecule has 0 amide bonds. The summed E-state index contributed by atoms with van der Waals surface area (Å²) in [4.78, 5) is 0. The summed E-state index contributed by atoms with van der Waals surface area (Å²) in [5, 5.41) is 0. The Bertz CT molecular complexity index is 429. The van der Waals surface area contributed by atoms with Crippen LogP contribution in [0.1, 0.15) is 56.4 Å². The van der Waals surface area contributed by atoms with Gasteiger partial charge in [-0.2, -0.15) is 0 Å². The summed E-state index contributed by atoms with van der Waals surface area (Å²) < 4.78 is 0. The number of nitrogens with two attached hydrogens (primary N) is 1. The van der Waals surface area contributed by atoms with Crippen LogP contribution in [0.5, 0.6) is 0 Å². The first-order valence-electron chi connectivity index (χ1n) is 8.54. The van der Waals surface area contributed by atoms with Crippen molar-refractivity contribution in [2.75, 3.05) is 6.54 Å². The molecule has 0 radical (unpaired) electrons. The molecule has 1 nitrogen and oxygen atoms in total. The molecule has 108 valence electrons. The van der Waals surface area contributed by atoms with Crippen LogP contribution < -0.4 is 5.73 Å². The van der Waals surface area contributed by atoms with E-state index in [2.05, 4.69) is 30.3 Å². The molecule has 4 bridgehead atoms. The Morgan fingerprint density at radius 1 is 0.950 bits per heavy atom.